The fraction of sp³-hybridized carbons (Fsp3) is 0.294. The van der Waals surface area contributed by atoms with E-state index in [0.29, 0.717) is 12.5 Å². The number of nitrogens with one attached hydrogen (secondary N) is 1. The number of halogens is 2. The van der Waals surface area contributed by atoms with Gasteiger partial charge in [-0.3, -0.25) is 0 Å². The largest absolute Gasteiger partial charge is 0.313 e. The average Bonchev–Trinajstić information content (AvgIpc) is 2.47. The van der Waals surface area contributed by atoms with Gasteiger partial charge in [-0.1, -0.05) is 53.2 Å². The summed E-state index contributed by atoms with van der Waals surface area (Å²) in [7, 11) is 0. The minimum Gasteiger partial charge on any atom is -0.313 e. The lowest BCUT2D eigenvalue weighted by atomic mass is 9.98. The zero-order chi connectivity index (χ0) is 14.4. The molecule has 2 rings (SSSR count). The van der Waals surface area contributed by atoms with Gasteiger partial charge < -0.3 is 5.32 Å². The summed E-state index contributed by atoms with van der Waals surface area (Å²) in [4.78, 5) is 0. The number of benzene rings is 2. The fourth-order valence-electron chi connectivity index (χ4n) is 2.17. The molecule has 0 aliphatic rings. The second-order valence-electron chi connectivity index (χ2n) is 5.01. The van der Waals surface area contributed by atoms with E-state index < -0.39 is 0 Å². The quantitative estimate of drug-likeness (QED) is 0.742. The number of hydrogen-bond acceptors (Lipinski definition) is 1. The van der Waals surface area contributed by atoms with Gasteiger partial charge in [0.1, 0.15) is 5.82 Å². The second-order valence-corrected chi connectivity index (χ2v) is 5.87. The highest BCUT2D eigenvalue weighted by Crippen LogP contribution is 2.19. The van der Waals surface area contributed by atoms with Crippen LogP contribution < -0.4 is 5.32 Å². The Hall–Kier alpha value is -1.19. The van der Waals surface area contributed by atoms with E-state index in [1.54, 1.807) is 12.1 Å². The SMILES string of the molecule is CC(CCNCc1cc(F)ccc1Br)c1ccccc1. The van der Waals surface area contributed by atoms with Crippen molar-refractivity contribution >= 4 is 15.9 Å². The summed E-state index contributed by atoms with van der Waals surface area (Å²) >= 11 is 3.44. The molecule has 1 unspecified atom stereocenters. The van der Waals surface area contributed by atoms with E-state index in [2.05, 4.69) is 52.4 Å². The number of rotatable bonds is 6. The summed E-state index contributed by atoms with van der Waals surface area (Å²) in [6, 6.07) is 15.3. The molecule has 1 nitrogen and oxygen atoms in total. The van der Waals surface area contributed by atoms with Crippen LogP contribution >= 0.6 is 15.9 Å². The van der Waals surface area contributed by atoms with E-state index in [-0.39, 0.29) is 5.82 Å². The Balaban J connectivity index is 1.78. The molecule has 0 radical (unpaired) electrons. The molecular formula is C17H19BrFN. The first-order chi connectivity index (χ1) is 9.66. The van der Waals surface area contributed by atoms with Crippen molar-refractivity contribution in [3.05, 3.63) is 69.9 Å². The third kappa shape index (κ3) is 4.43. The van der Waals surface area contributed by atoms with Crippen molar-refractivity contribution in [3.8, 4) is 0 Å². The highest BCUT2D eigenvalue weighted by Gasteiger charge is 2.05. The summed E-state index contributed by atoms with van der Waals surface area (Å²) in [6.07, 6.45) is 1.07. The van der Waals surface area contributed by atoms with Crippen molar-refractivity contribution in [2.24, 2.45) is 0 Å². The van der Waals surface area contributed by atoms with Crippen LogP contribution in [-0.4, -0.2) is 6.54 Å². The lowest BCUT2D eigenvalue weighted by Crippen LogP contribution is -2.17. The molecule has 106 valence electrons. The van der Waals surface area contributed by atoms with Crippen LogP contribution in [-0.2, 0) is 6.54 Å². The predicted molar refractivity (Wildman–Crippen MR) is 85.3 cm³/mol. The van der Waals surface area contributed by atoms with Crippen LogP contribution in [0.1, 0.15) is 30.4 Å². The first-order valence-corrected chi connectivity index (χ1v) is 7.65. The van der Waals surface area contributed by atoms with Crippen LogP contribution in [0.15, 0.2) is 53.0 Å². The maximum atomic E-state index is 13.2. The van der Waals surface area contributed by atoms with E-state index >= 15 is 0 Å². The molecule has 1 N–H and O–H groups in total. The molecule has 0 aliphatic carbocycles. The van der Waals surface area contributed by atoms with Gasteiger partial charge >= 0.3 is 0 Å². The highest BCUT2D eigenvalue weighted by atomic mass is 79.9. The van der Waals surface area contributed by atoms with Gasteiger partial charge in [0.2, 0.25) is 0 Å². The molecule has 2 aromatic rings. The van der Waals surface area contributed by atoms with Crippen LogP contribution in [0.2, 0.25) is 0 Å². The smallest absolute Gasteiger partial charge is 0.123 e. The summed E-state index contributed by atoms with van der Waals surface area (Å²) in [5.41, 5.74) is 2.32. The summed E-state index contributed by atoms with van der Waals surface area (Å²) in [5, 5.41) is 3.37. The molecule has 0 saturated carbocycles. The van der Waals surface area contributed by atoms with Crippen LogP contribution in [0.3, 0.4) is 0 Å². The Labute approximate surface area is 128 Å². The molecule has 0 aromatic heterocycles. The van der Waals surface area contributed by atoms with Crippen molar-refractivity contribution in [2.75, 3.05) is 6.54 Å². The summed E-state index contributed by atoms with van der Waals surface area (Å²) in [6.45, 7) is 3.83. The highest BCUT2D eigenvalue weighted by molar-refractivity contribution is 9.10. The lowest BCUT2D eigenvalue weighted by molar-refractivity contribution is 0.587. The Bertz CT molecular complexity index is 542. The van der Waals surface area contributed by atoms with Crippen molar-refractivity contribution in [3.63, 3.8) is 0 Å². The molecule has 0 bridgehead atoms. The third-order valence-corrected chi connectivity index (χ3v) is 4.22. The van der Waals surface area contributed by atoms with Gasteiger partial charge in [-0.15, -0.1) is 0 Å². The zero-order valence-electron chi connectivity index (χ0n) is 11.6. The van der Waals surface area contributed by atoms with E-state index in [4.69, 9.17) is 0 Å². The fourth-order valence-corrected chi connectivity index (χ4v) is 2.56. The molecule has 0 saturated heterocycles. The van der Waals surface area contributed by atoms with E-state index in [0.717, 1.165) is 23.0 Å². The first-order valence-electron chi connectivity index (χ1n) is 6.86. The van der Waals surface area contributed by atoms with E-state index in [1.165, 1.54) is 11.6 Å². The van der Waals surface area contributed by atoms with Gasteiger partial charge in [0, 0.05) is 11.0 Å². The lowest BCUT2D eigenvalue weighted by Gasteiger charge is -2.13. The Morgan fingerprint density at radius 2 is 1.90 bits per heavy atom. The Morgan fingerprint density at radius 1 is 1.15 bits per heavy atom. The van der Waals surface area contributed by atoms with Crippen molar-refractivity contribution in [1.29, 1.82) is 0 Å². The third-order valence-electron chi connectivity index (χ3n) is 3.45. The van der Waals surface area contributed by atoms with Gasteiger partial charge in [0.25, 0.3) is 0 Å². The second kappa shape index (κ2) is 7.55. The van der Waals surface area contributed by atoms with Crippen molar-refractivity contribution in [1.82, 2.24) is 5.32 Å². The van der Waals surface area contributed by atoms with Crippen LogP contribution in [0, 0.1) is 5.82 Å². The van der Waals surface area contributed by atoms with Crippen molar-refractivity contribution in [2.45, 2.75) is 25.8 Å². The van der Waals surface area contributed by atoms with Crippen molar-refractivity contribution < 1.29 is 4.39 Å². The molecular weight excluding hydrogens is 317 g/mol. The molecule has 0 heterocycles. The molecule has 1 atom stereocenters. The maximum absolute atomic E-state index is 13.2. The number of hydrogen-bond donors (Lipinski definition) is 1. The van der Waals surface area contributed by atoms with Gasteiger partial charge in [-0.05, 0) is 48.2 Å². The van der Waals surface area contributed by atoms with E-state index in [9.17, 15) is 4.39 Å². The minimum atomic E-state index is -0.192. The monoisotopic (exact) mass is 335 g/mol. The molecule has 2 aromatic carbocycles. The van der Waals surface area contributed by atoms with Gasteiger partial charge in [-0.25, -0.2) is 4.39 Å². The van der Waals surface area contributed by atoms with Gasteiger partial charge in [0.05, 0.1) is 0 Å². The summed E-state index contributed by atoms with van der Waals surface area (Å²) < 4.78 is 14.1. The van der Waals surface area contributed by atoms with Crippen LogP contribution in [0.25, 0.3) is 0 Å². The van der Waals surface area contributed by atoms with E-state index in [1.807, 2.05) is 6.07 Å². The molecule has 3 heteroatoms. The standard InChI is InChI=1S/C17H19BrFN/c1-13(14-5-3-2-4-6-14)9-10-20-12-15-11-16(19)7-8-17(15)18/h2-8,11,13,20H,9-10,12H2,1H3. The molecule has 0 amide bonds. The molecule has 0 spiro atoms. The van der Waals surface area contributed by atoms with Crippen LogP contribution in [0.5, 0.6) is 0 Å². The molecule has 0 aliphatic heterocycles. The molecule has 20 heavy (non-hydrogen) atoms. The van der Waals surface area contributed by atoms with Crippen LogP contribution in [0.4, 0.5) is 4.39 Å². The Kier molecular flexibility index (Phi) is 5.74. The maximum Gasteiger partial charge on any atom is 0.123 e. The minimum absolute atomic E-state index is 0.192. The first kappa shape index (κ1) is 15.2. The summed E-state index contributed by atoms with van der Waals surface area (Å²) in [5.74, 6) is 0.335. The topological polar surface area (TPSA) is 12.0 Å². The normalized spacial score (nSPS) is 12.3. The predicted octanol–water partition coefficient (Wildman–Crippen LogP) is 4.87. The average molecular weight is 336 g/mol. The molecule has 0 fully saturated rings. The zero-order valence-corrected chi connectivity index (χ0v) is 13.2. The van der Waals surface area contributed by atoms with Gasteiger partial charge in [-0.2, -0.15) is 0 Å². The Morgan fingerprint density at radius 3 is 2.65 bits per heavy atom. The van der Waals surface area contributed by atoms with Gasteiger partial charge in [0.15, 0.2) is 0 Å².